The van der Waals surface area contributed by atoms with Gasteiger partial charge in [0.15, 0.2) is 0 Å². The minimum absolute atomic E-state index is 0.434. The van der Waals surface area contributed by atoms with Crippen LogP contribution in [0.4, 0.5) is 5.95 Å². The predicted octanol–water partition coefficient (Wildman–Crippen LogP) is 3.20. The number of rotatable bonds is 2. The van der Waals surface area contributed by atoms with Gasteiger partial charge in [0.1, 0.15) is 0 Å². The molecule has 3 rings (SSSR count). The monoisotopic (exact) mass is 264 g/mol. The number of hydrogen-bond donors (Lipinski definition) is 2. The molecule has 2 aromatic carbocycles. The number of aryl methyl sites for hydroxylation is 2. The largest absolute Gasteiger partial charge is 0.292 e. The van der Waals surface area contributed by atoms with E-state index < -0.39 is 0 Å². The van der Waals surface area contributed by atoms with Crippen molar-refractivity contribution in [3.63, 3.8) is 0 Å². The van der Waals surface area contributed by atoms with Crippen molar-refractivity contribution in [3.8, 4) is 11.3 Å². The number of nitrogens with one attached hydrogen (secondary N) is 1. The molecule has 0 saturated heterocycles. The fraction of sp³-hybridized carbons (Fsp3) is 0.125. The first kappa shape index (κ1) is 12.6. The molecule has 4 nitrogen and oxygen atoms in total. The van der Waals surface area contributed by atoms with Crippen LogP contribution in [0.2, 0.25) is 0 Å². The average Bonchev–Trinajstić information content (AvgIpc) is 2.46. The summed E-state index contributed by atoms with van der Waals surface area (Å²) in [5, 5.41) is 2.43. The summed E-state index contributed by atoms with van der Waals surface area (Å²) in [5.41, 5.74) is 6.57. The Morgan fingerprint density at radius 2 is 1.65 bits per heavy atom. The topological polar surface area (TPSA) is 63.8 Å². The molecule has 0 saturated carbocycles. The fourth-order valence-electron chi connectivity index (χ4n) is 2.31. The summed E-state index contributed by atoms with van der Waals surface area (Å²) in [5.74, 6) is 5.83. The van der Waals surface area contributed by atoms with Crippen molar-refractivity contribution in [1.82, 2.24) is 9.97 Å². The van der Waals surface area contributed by atoms with Gasteiger partial charge in [-0.1, -0.05) is 35.9 Å². The van der Waals surface area contributed by atoms with Gasteiger partial charge < -0.3 is 0 Å². The third-order valence-electron chi connectivity index (χ3n) is 3.27. The van der Waals surface area contributed by atoms with E-state index in [1.54, 1.807) is 0 Å². The van der Waals surface area contributed by atoms with Crippen LogP contribution in [-0.4, -0.2) is 9.97 Å². The highest BCUT2D eigenvalue weighted by Crippen LogP contribution is 2.24. The first-order chi connectivity index (χ1) is 9.65. The number of fused-ring (bicyclic) bond motifs is 1. The van der Waals surface area contributed by atoms with E-state index in [9.17, 15) is 0 Å². The Morgan fingerprint density at radius 3 is 2.45 bits per heavy atom. The van der Waals surface area contributed by atoms with E-state index in [0.29, 0.717) is 5.95 Å². The summed E-state index contributed by atoms with van der Waals surface area (Å²) < 4.78 is 0. The maximum absolute atomic E-state index is 5.40. The van der Waals surface area contributed by atoms with E-state index in [1.165, 1.54) is 16.3 Å². The maximum atomic E-state index is 5.40. The first-order valence-corrected chi connectivity index (χ1v) is 6.49. The highest BCUT2D eigenvalue weighted by Gasteiger charge is 2.05. The van der Waals surface area contributed by atoms with Gasteiger partial charge in [0, 0.05) is 11.3 Å². The van der Waals surface area contributed by atoms with Crippen LogP contribution in [0.1, 0.15) is 11.3 Å². The minimum Gasteiger partial charge on any atom is -0.292 e. The number of nitrogens with two attached hydrogens (primary N) is 1. The molecule has 1 aromatic heterocycles. The van der Waals surface area contributed by atoms with E-state index in [0.717, 1.165) is 17.0 Å². The number of hydrazine groups is 1. The third kappa shape index (κ3) is 2.33. The number of nitrogen functional groups attached to an aromatic ring is 1. The summed E-state index contributed by atoms with van der Waals surface area (Å²) in [7, 11) is 0. The zero-order valence-corrected chi connectivity index (χ0v) is 11.5. The first-order valence-electron chi connectivity index (χ1n) is 6.49. The van der Waals surface area contributed by atoms with Crippen molar-refractivity contribution in [2.75, 3.05) is 5.43 Å². The molecule has 3 aromatic rings. The molecule has 20 heavy (non-hydrogen) atoms. The second-order valence-electron chi connectivity index (χ2n) is 4.93. The van der Waals surface area contributed by atoms with E-state index in [4.69, 9.17) is 5.84 Å². The molecule has 4 heteroatoms. The molecule has 0 atom stereocenters. The molecule has 1 heterocycles. The highest BCUT2D eigenvalue weighted by atomic mass is 15.3. The van der Waals surface area contributed by atoms with Crippen LogP contribution in [0.5, 0.6) is 0 Å². The standard InChI is InChI=1S/C16H16N4/c1-10-3-4-13-9-14(6-5-12(13)7-10)15-8-11(2)18-16(19-15)20-17/h3-9H,17H2,1-2H3,(H,18,19,20). The second-order valence-corrected chi connectivity index (χ2v) is 4.93. The lowest BCUT2D eigenvalue weighted by Crippen LogP contribution is -2.11. The van der Waals surface area contributed by atoms with Crippen molar-refractivity contribution in [1.29, 1.82) is 0 Å². The molecule has 0 amide bonds. The second kappa shape index (κ2) is 4.90. The SMILES string of the molecule is Cc1ccc2cc(-c3cc(C)nc(NN)n3)ccc2c1. The number of aromatic nitrogens is 2. The summed E-state index contributed by atoms with van der Waals surface area (Å²) in [4.78, 5) is 8.60. The van der Waals surface area contributed by atoms with Crippen LogP contribution < -0.4 is 11.3 Å². The van der Waals surface area contributed by atoms with E-state index in [1.807, 2.05) is 13.0 Å². The molecule has 0 unspecified atom stereocenters. The maximum Gasteiger partial charge on any atom is 0.237 e. The molecule has 0 aliphatic heterocycles. The zero-order valence-electron chi connectivity index (χ0n) is 11.5. The molecule has 0 fully saturated rings. The molecule has 0 spiro atoms. The molecule has 3 N–H and O–H groups in total. The Morgan fingerprint density at radius 1 is 0.900 bits per heavy atom. The Hall–Kier alpha value is -2.46. The van der Waals surface area contributed by atoms with Crippen LogP contribution >= 0.6 is 0 Å². The number of anilines is 1. The van der Waals surface area contributed by atoms with Gasteiger partial charge in [0.2, 0.25) is 5.95 Å². The normalized spacial score (nSPS) is 10.8. The van der Waals surface area contributed by atoms with Crippen molar-refractivity contribution in [2.24, 2.45) is 5.84 Å². The van der Waals surface area contributed by atoms with Gasteiger partial charge in [-0.2, -0.15) is 0 Å². The van der Waals surface area contributed by atoms with Gasteiger partial charge in [-0.3, -0.25) is 5.43 Å². The number of benzene rings is 2. The number of nitrogens with zero attached hydrogens (tertiary/aromatic N) is 2. The van der Waals surface area contributed by atoms with Crippen molar-refractivity contribution < 1.29 is 0 Å². The molecule has 100 valence electrons. The average molecular weight is 264 g/mol. The molecular weight excluding hydrogens is 248 g/mol. The van der Waals surface area contributed by atoms with Crippen LogP contribution in [0.25, 0.3) is 22.0 Å². The van der Waals surface area contributed by atoms with Crippen LogP contribution in [0.15, 0.2) is 42.5 Å². The molecule has 0 aliphatic rings. The summed E-state index contributed by atoms with van der Waals surface area (Å²) >= 11 is 0. The molecule has 0 aliphatic carbocycles. The van der Waals surface area contributed by atoms with E-state index in [-0.39, 0.29) is 0 Å². The van der Waals surface area contributed by atoms with Crippen LogP contribution in [0.3, 0.4) is 0 Å². The smallest absolute Gasteiger partial charge is 0.237 e. The molecular formula is C16H16N4. The van der Waals surface area contributed by atoms with Crippen LogP contribution in [-0.2, 0) is 0 Å². The van der Waals surface area contributed by atoms with E-state index in [2.05, 4.69) is 58.7 Å². The Bertz CT molecular complexity index is 781. The molecule has 0 bridgehead atoms. The Balaban J connectivity index is 2.14. The number of hydrogen-bond acceptors (Lipinski definition) is 4. The van der Waals surface area contributed by atoms with Crippen molar-refractivity contribution in [3.05, 3.63) is 53.7 Å². The predicted molar refractivity (Wildman–Crippen MR) is 82.3 cm³/mol. The van der Waals surface area contributed by atoms with Gasteiger partial charge in [0.25, 0.3) is 0 Å². The highest BCUT2D eigenvalue weighted by molar-refractivity contribution is 5.87. The summed E-state index contributed by atoms with van der Waals surface area (Å²) in [6, 6.07) is 14.7. The quantitative estimate of drug-likeness (QED) is 0.551. The van der Waals surface area contributed by atoms with Gasteiger partial charge in [0.05, 0.1) is 5.69 Å². The summed E-state index contributed by atoms with van der Waals surface area (Å²) in [6.07, 6.45) is 0. The van der Waals surface area contributed by atoms with Gasteiger partial charge in [-0.05, 0) is 36.8 Å². The van der Waals surface area contributed by atoms with Gasteiger partial charge >= 0.3 is 0 Å². The Labute approximate surface area is 117 Å². The Kier molecular flexibility index (Phi) is 3.08. The van der Waals surface area contributed by atoms with Crippen molar-refractivity contribution in [2.45, 2.75) is 13.8 Å². The fourth-order valence-corrected chi connectivity index (χ4v) is 2.31. The van der Waals surface area contributed by atoms with Crippen LogP contribution in [0, 0.1) is 13.8 Å². The lowest BCUT2D eigenvalue weighted by atomic mass is 10.0. The minimum atomic E-state index is 0.434. The van der Waals surface area contributed by atoms with Gasteiger partial charge in [-0.15, -0.1) is 0 Å². The lowest BCUT2D eigenvalue weighted by Gasteiger charge is -2.07. The summed E-state index contributed by atoms with van der Waals surface area (Å²) in [6.45, 7) is 4.02. The molecule has 0 radical (unpaired) electrons. The lowest BCUT2D eigenvalue weighted by molar-refractivity contribution is 1.08. The zero-order chi connectivity index (χ0) is 14.1. The van der Waals surface area contributed by atoms with E-state index >= 15 is 0 Å². The van der Waals surface area contributed by atoms with Gasteiger partial charge in [-0.25, -0.2) is 15.8 Å². The third-order valence-corrected chi connectivity index (χ3v) is 3.27. The van der Waals surface area contributed by atoms with Crippen molar-refractivity contribution >= 4 is 16.7 Å².